The molecule has 1 nitrogen and oxygen atoms in total. The Hall–Kier alpha value is -3.42. The number of hydrogen-bond acceptors (Lipinski definition) is 1. The molecule has 0 atom stereocenters. The van der Waals surface area contributed by atoms with E-state index in [0.29, 0.717) is 10.6 Å². The molecule has 0 N–H and O–H groups in total. The van der Waals surface area contributed by atoms with Crippen molar-refractivity contribution in [2.45, 2.75) is 5.92 Å². The predicted molar refractivity (Wildman–Crippen MR) is 126 cm³/mol. The van der Waals surface area contributed by atoms with Gasteiger partial charge in [0.2, 0.25) is 0 Å². The fraction of sp³-hybridized carbons (Fsp3) is 0.0357. The molecular formula is C28H19ClO. The SMILES string of the molecule is O=C(c1ccc(Cl)cc1)C(c1cccc2ccccc12)c1cccc2ccccc12. The van der Waals surface area contributed by atoms with E-state index in [1.807, 2.05) is 48.5 Å². The second-order valence-electron chi connectivity index (χ2n) is 7.44. The number of halogens is 1. The van der Waals surface area contributed by atoms with Crippen molar-refractivity contribution in [2.24, 2.45) is 0 Å². The van der Waals surface area contributed by atoms with Gasteiger partial charge in [-0.25, -0.2) is 0 Å². The number of Topliss-reactive ketones (excluding diaryl/α,β-unsaturated/α-hetero) is 1. The summed E-state index contributed by atoms with van der Waals surface area (Å²) in [4.78, 5) is 13.9. The smallest absolute Gasteiger partial charge is 0.174 e. The molecule has 144 valence electrons. The minimum absolute atomic E-state index is 0.0689. The second kappa shape index (κ2) is 7.78. The van der Waals surface area contributed by atoms with Crippen LogP contribution in [0.5, 0.6) is 0 Å². The van der Waals surface area contributed by atoms with Crippen molar-refractivity contribution in [2.75, 3.05) is 0 Å². The van der Waals surface area contributed by atoms with Crippen LogP contribution >= 0.6 is 11.6 Å². The number of carbonyl (C=O) groups is 1. The molecular weight excluding hydrogens is 388 g/mol. The zero-order chi connectivity index (χ0) is 20.5. The van der Waals surface area contributed by atoms with Gasteiger partial charge in [0, 0.05) is 10.6 Å². The van der Waals surface area contributed by atoms with E-state index in [4.69, 9.17) is 11.6 Å². The number of hydrogen-bond donors (Lipinski definition) is 0. The maximum Gasteiger partial charge on any atom is 0.174 e. The molecule has 30 heavy (non-hydrogen) atoms. The third kappa shape index (κ3) is 3.28. The fourth-order valence-corrected chi connectivity index (χ4v) is 4.36. The van der Waals surface area contributed by atoms with Crippen molar-refractivity contribution < 1.29 is 4.79 Å². The van der Waals surface area contributed by atoms with Crippen LogP contribution in [-0.4, -0.2) is 5.78 Å². The lowest BCUT2D eigenvalue weighted by Crippen LogP contribution is -2.15. The Bertz CT molecular complexity index is 1280. The summed E-state index contributed by atoms with van der Waals surface area (Å²) < 4.78 is 0. The first-order chi connectivity index (χ1) is 14.7. The van der Waals surface area contributed by atoms with Crippen LogP contribution in [0.1, 0.15) is 27.4 Å². The highest BCUT2D eigenvalue weighted by molar-refractivity contribution is 6.30. The average molecular weight is 407 g/mol. The van der Waals surface area contributed by atoms with Crippen LogP contribution < -0.4 is 0 Å². The maximum absolute atomic E-state index is 13.9. The van der Waals surface area contributed by atoms with E-state index in [-0.39, 0.29) is 5.78 Å². The van der Waals surface area contributed by atoms with Gasteiger partial charge >= 0.3 is 0 Å². The van der Waals surface area contributed by atoms with Crippen molar-refractivity contribution in [3.05, 3.63) is 131 Å². The largest absolute Gasteiger partial charge is 0.293 e. The zero-order valence-corrected chi connectivity index (χ0v) is 17.0. The van der Waals surface area contributed by atoms with Gasteiger partial charge in [-0.1, -0.05) is 96.5 Å². The van der Waals surface area contributed by atoms with Crippen LogP contribution in [0.25, 0.3) is 21.5 Å². The summed E-state index contributed by atoms with van der Waals surface area (Å²) in [5.74, 6) is -0.345. The van der Waals surface area contributed by atoms with Gasteiger partial charge in [-0.2, -0.15) is 0 Å². The van der Waals surface area contributed by atoms with E-state index in [1.54, 1.807) is 12.1 Å². The van der Waals surface area contributed by atoms with Gasteiger partial charge in [0.05, 0.1) is 5.92 Å². The molecule has 0 saturated carbocycles. The zero-order valence-electron chi connectivity index (χ0n) is 16.3. The Balaban J connectivity index is 1.80. The Kier molecular flexibility index (Phi) is 4.82. The molecule has 5 aromatic rings. The van der Waals surface area contributed by atoms with E-state index in [9.17, 15) is 4.79 Å². The van der Waals surface area contributed by atoms with Gasteiger partial charge in [0.1, 0.15) is 0 Å². The van der Waals surface area contributed by atoms with Crippen molar-refractivity contribution >= 4 is 38.9 Å². The molecule has 0 aliphatic heterocycles. The normalized spacial score (nSPS) is 11.3. The molecule has 0 heterocycles. The number of fused-ring (bicyclic) bond motifs is 2. The first-order valence-corrected chi connectivity index (χ1v) is 10.4. The van der Waals surface area contributed by atoms with Gasteiger partial charge < -0.3 is 0 Å². The summed E-state index contributed by atoms with van der Waals surface area (Å²) in [6, 6.07) is 36.0. The lowest BCUT2D eigenvalue weighted by Gasteiger charge is -2.21. The molecule has 0 saturated heterocycles. The van der Waals surface area contributed by atoms with Crippen LogP contribution in [0.15, 0.2) is 109 Å². The minimum Gasteiger partial charge on any atom is -0.293 e. The van der Waals surface area contributed by atoms with Crippen molar-refractivity contribution in [1.29, 1.82) is 0 Å². The Morgan fingerprint density at radius 2 is 1.03 bits per heavy atom. The van der Waals surface area contributed by atoms with Crippen molar-refractivity contribution in [3.63, 3.8) is 0 Å². The Labute approximate surface area is 180 Å². The molecule has 0 aliphatic rings. The predicted octanol–water partition coefficient (Wildman–Crippen LogP) is 7.66. The third-order valence-corrected chi connectivity index (χ3v) is 5.91. The molecule has 0 amide bonds. The minimum atomic E-state index is -0.414. The summed E-state index contributed by atoms with van der Waals surface area (Å²) in [5.41, 5.74) is 2.69. The number of carbonyl (C=O) groups excluding carboxylic acids is 1. The summed E-state index contributed by atoms with van der Waals surface area (Å²) in [6.07, 6.45) is 0. The number of benzene rings is 5. The molecule has 5 rings (SSSR count). The highest BCUT2D eigenvalue weighted by Crippen LogP contribution is 2.37. The van der Waals surface area contributed by atoms with Gasteiger partial charge in [-0.3, -0.25) is 4.79 Å². The van der Waals surface area contributed by atoms with Crippen LogP contribution in [-0.2, 0) is 0 Å². The first-order valence-electron chi connectivity index (χ1n) is 9.97. The molecule has 2 heteroatoms. The van der Waals surface area contributed by atoms with Crippen LogP contribution in [0.3, 0.4) is 0 Å². The van der Waals surface area contributed by atoms with E-state index in [1.165, 1.54) is 0 Å². The highest BCUT2D eigenvalue weighted by atomic mass is 35.5. The quantitative estimate of drug-likeness (QED) is 0.280. The molecule has 0 radical (unpaired) electrons. The van der Waals surface area contributed by atoms with E-state index in [2.05, 4.69) is 48.5 Å². The lowest BCUT2D eigenvalue weighted by atomic mass is 9.81. The Morgan fingerprint density at radius 3 is 1.57 bits per heavy atom. The molecule has 0 aromatic heterocycles. The number of ketones is 1. The van der Waals surface area contributed by atoms with E-state index in [0.717, 1.165) is 32.7 Å². The number of rotatable bonds is 4. The van der Waals surface area contributed by atoms with Crippen LogP contribution in [0.4, 0.5) is 0 Å². The first kappa shape index (κ1) is 18.6. The summed E-state index contributed by atoms with van der Waals surface area (Å²) in [6.45, 7) is 0. The molecule has 0 unspecified atom stereocenters. The topological polar surface area (TPSA) is 17.1 Å². The highest BCUT2D eigenvalue weighted by Gasteiger charge is 2.27. The van der Waals surface area contributed by atoms with Crippen LogP contribution in [0, 0.1) is 0 Å². The summed E-state index contributed by atoms with van der Waals surface area (Å²) in [5, 5.41) is 5.08. The molecule has 0 fully saturated rings. The third-order valence-electron chi connectivity index (χ3n) is 5.66. The molecule has 5 aromatic carbocycles. The molecule has 0 aliphatic carbocycles. The average Bonchev–Trinajstić information content (AvgIpc) is 2.80. The second-order valence-corrected chi connectivity index (χ2v) is 7.88. The van der Waals surface area contributed by atoms with Gasteiger partial charge in [0.15, 0.2) is 5.78 Å². The summed E-state index contributed by atoms with van der Waals surface area (Å²) >= 11 is 6.07. The standard InChI is InChI=1S/C28H19ClO/c29-22-17-15-21(16-18-22)28(30)27(25-13-5-9-19-7-1-3-11-23(19)25)26-14-6-10-20-8-2-4-12-24(20)26/h1-18,27H. The van der Waals surface area contributed by atoms with Crippen molar-refractivity contribution in [3.8, 4) is 0 Å². The molecule has 0 spiro atoms. The maximum atomic E-state index is 13.9. The lowest BCUT2D eigenvalue weighted by molar-refractivity contribution is 0.0975. The van der Waals surface area contributed by atoms with Crippen molar-refractivity contribution in [1.82, 2.24) is 0 Å². The monoisotopic (exact) mass is 406 g/mol. The fourth-order valence-electron chi connectivity index (χ4n) is 4.24. The van der Waals surface area contributed by atoms with Gasteiger partial charge in [0.25, 0.3) is 0 Å². The van der Waals surface area contributed by atoms with Gasteiger partial charge in [-0.05, 0) is 56.9 Å². The Morgan fingerprint density at radius 1 is 0.567 bits per heavy atom. The van der Waals surface area contributed by atoms with E-state index < -0.39 is 5.92 Å². The molecule has 0 bridgehead atoms. The van der Waals surface area contributed by atoms with Crippen LogP contribution in [0.2, 0.25) is 5.02 Å². The van der Waals surface area contributed by atoms with E-state index >= 15 is 0 Å². The van der Waals surface area contributed by atoms with Gasteiger partial charge in [-0.15, -0.1) is 0 Å². The summed E-state index contributed by atoms with van der Waals surface area (Å²) in [7, 11) is 0.